The first-order valence-electron chi connectivity index (χ1n) is 6.35. The Labute approximate surface area is 111 Å². The highest BCUT2D eigenvalue weighted by molar-refractivity contribution is 5.87. The highest BCUT2D eigenvalue weighted by Crippen LogP contribution is 2.17. The van der Waals surface area contributed by atoms with Crippen LogP contribution in [0, 0.1) is 5.82 Å². The Hall–Kier alpha value is -1.46. The van der Waals surface area contributed by atoms with Crippen molar-refractivity contribution in [2.45, 2.75) is 32.6 Å². The maximum Gasteiger partial charge on any atom is 0.335 e. The summed E-state index contributed by atoms with van der Waals surface area (Å²) >= 11 is 0. The predicted molar refractivity (Wildman–Crippen MR) is 68.6 cm³/mol. The fraction of sp³-hybridized carbons (Fsp3) is 0.500. The molecule has 2 atom stereocenters. The van der Waals surface area contributed by atoms with Gasteiger partial charge >= 0.3 is 5.97 Å². The van der Waals surface area contributed by atoms with Crippen molar-refractivity contribution in [3.05, 3.63) is 35.1 Å². The molecule has 0 aliphatic carbocycles. The van der Waals surface area contributed by atoms with Crippen molar-refractivity contribution >= 4 is 5.97 Å². The van der Waals surface area contributed by atoms with Gasteiger partial charge in [0.25, 0.3) is 0 Å². The number of hydrogen-bond donors (Lipinski definition) is 1. The molecule has 104 valence electrons. The molecule has 1 aromatic carbocycles. The topological polar surface area (TPSA) is 49.8 Å². The normalized spacial score (nSPS) is 24.4. The Bertz CT molecular complexity index is 468. The lowest BCUT2D eigenvalue weighted by Crippen LogP contribution is -2.44. The van der Waals surface area contributed by atoms with Crippen molar-refractivity contribution in [1.29, 1.82) is 0 Å². The van der Waals surface area contributed by atoms with E-state index in [1.54, 1.807) is 0 Å². The smallest absolute Gasteiger partial charge is 0.335 e. The van der Waals surface area contributed by atoms with Crippen LogP contribution in [0.2, 0.25) is 0 Å². The molecule has 4 nitrogen and oxygen atoms in total. The molecule has 0 spiro atoms. The minimum atomic E-state index is -1.04. The number of carbonyl (C=O) groups is 1. The van der Waals surface area contributed by atoms with Crippen molar-refractivity contribution in [3.63, 3.8) is 0 Å². The number of nitrogens with zero attached hydrogens (tertiary/aromatic N) is 1. The molecule has 1 N–H and O–H groups in total. The molecule has 0 radical (unpaired) electrons. The van der Waals surface area contributed by atoms with E-state index in [-0.39, 0.29) is 23.6 Å². The highest BCUT2D eigenvalue weighted by Gasteiger charge is 2.23. The van der Waals surface area contributed by atoms with Crippen molar-refractivity contribution in [2.75, 3.05) is 13.1 Å². The number of rotatable bonds is 3. The first-order chi connectivity index (χ1) is 8.95. The molecular weight excluding hydrogens is 249 g/mol. The Morgan fingerprint density at radius 3 is 2.63 bits per heavy atom. The first-order valence-corrected chi connectivity index (χ1v) is 6.35. The maximum atomic E-state index is 13.7. The van der Waals surface area contributed by atoms with Gasteiger partial charge in [0.15, 0.2) is 0 Å². The lowest BCUT2D eigenvalue weighted by molar-refractivity contribution is -0.0707. The summed E-state index contributed by atoms with van der Waals surface area (Å²) in [5.74, 6) is -1.40. The van der Waals surface area contributed by atoms with Crippen molar-refractivity contribution in [2.24, 2.45) is 0 Å². The second-order valence-corrected chi connectivity index (χ2v) is 5.06. The van der Waals surface area contributed by atoms with E-state index in [1.807, 2.05) is 13.8 Å². The number of hydrogen-bond acceptors (Lipinski definition) is 3. The molecule has 0 saturated carbocycles. The Morgan fingerprint density at radius 1 is 1.42 bits per heavy atom. The van der Waals surface area contributed by atoms with E-state index in [0.29, 0.717) is 12.1 Å². The van der Waals surface area contributed by atoms with Crippen molar-refractivity contribution in [3.8, 4) is 0 Å². The maximum absolute atomic E-state index is 13.7. The van der Waals surface area contributed by atoms with E-state index in [2.05, 4.69) is 4.90 Å². The molecule has 1 fully saturated rings. The average molecular weight is 267 g/mol. The quantitative estimate of drug-likeness (QED) is 0.911. The van der Waals surface area contributed by atoms with Crippen LogP contribution in [0.25, 0.3) is 0 Å². The number of aromatic carboxylic acids is 1. The fourth-order valence-electron chi connectivity index (χ4n) is 2.48. The van der Waals surface area contributed by atoms with Gasteiger partial charge in [0.05, 0.1) is 17.8 Å². The van der Waals surface area contributed by atoms with Crippen LogP contribution in [0.4, 0.5) is 4.39 Å². The molecule has 1 saturated heterocycles. The number of morpholine rings is 1. The van der Waals surface area contributed by atoms with Crippen LogP contribution in [0.1, 0.15) is 29.8 Å². The lowest BCUT2D eigenvalue weighted by atomic mass is 10.1. The second-order valence-electron chi connectivity index (χ2n) is 5.06. The van der Waals surface area contributed by atoms with Crippen LogP contribution in [0.3, 0.4) is 0 Å². The molecule has 0 unspecified atom stereocenters. The third kappa shape index (κ3) is 3.52. The molecular formula is C14H18FNO3. The zero-order chi connectivity index (χ0) is 14.0. The summed E-state index contributed by atoms with van der Waals surface area (Å²) in [4.78, 5) is 13.0. The molecule has 0 amide bonds. The third-order valence-electron chi connectivity index (χ3n) is 3.18. The van der Waals surface area contributed by atoms with E-state index in [4.69, 9.17) is 9.84 Å². The van der Waals surface area contributed by atoms with Crippen LogP contribution in [-0.4, -0.2) is 41.3 Å². The lowest BCUT2D eigenvalue weighted by Gasteiger charge is -2.35. The largest absolute Gasteiger partial charge is 0.478 e. The minimum absolute atomic E-state index is 0.106. The third-order valence-corrected chi connectivity index (χ3v) is 3.18. The van der Waals surface area contributed by atoms with Crippen LogP contribution in [0.15, 0.2) is 18.2 Å². The summed E-state index contributed by atoms with van der Waals surface area (Å²) in [6, 6.07) is 3.90. The number of ether oxygens (including phenoxy) is 1. The van der Waals surface area contributed by atoms with Gasteiger partial charge < -0.3 is 9.84 Å². The van der Waals surface area contributed by atoms with E-state index in [0.717, 1.165) is 13.1 Å². The van der Waals surface area contributed by atoms with Gasteiger partial charge in [-0.05, 0) is 32.0 Å². The van der Waals surface area contributed by atoms with Gasteiger partial charge in [0.2, 0.25) is 0 Å². The zero-order valence-corrected chi connectivity index (χ0v) is 11.1. The van der Waals surface area contributed by atoms with Crippen molar-refractivity contribution < 1.29 is 19.0 Å². The zero-order valence-electron chi connectivity index (χ0n) is 11.1. The van der Waals surface area contributed by atoms with Crippen LogP contribution >= 0.6 is 0 Å². The van der Waals surface area contributed by atoms with Crippen LogP contribution in [-0.2, 0) is 11.3 Å². The van der Waals surface area contributed by atoms with Gasteiger partial charge in [-0.25, -0.2) is 9.18 Å². The molecule has 1 heterocycles. The predicted octanol–water partition coefficient (Wildman–Crippen LogP) is 2.13. The summed E-state index contributed by atoms with van der Waals surface area (Å²) < 4.78 is 19.3. The molecule has 0 aromatic heterocycles. The van der Waals surface area contributed by atoms with Gasteiger partial charge in [-0.3, -0.25) is 4.90 Å². The summed E-state index contributed by atoms with van der Waals surface area (Å²) in [5, 5.41) is 8.93. The Kier molecular flexibility index (Phi) is 4.17. The van der Waals surface area contributed by atoms with E-state index in [1.165, 1.54) is 18.2 Å². The molecule has 1 aromatic rings. The molecule has 1 aliphatic heterocycles. The molecule has 0 bridgehead atoms. The monoisotopic (exact) mass is 267 g/mol. The van der Waals surface area contributed by atoms with Crippen LogP contribution < -0.4 is 0 Å². The summed E-state index contributed by atoms with van der Waals surface area (Å²) in [6.07, 6.45) is 0.212. The minimum Gasteiger partial charge on any atom is -0.478 e. The van der Waals surface area contributed by atoms with Crippen molar-refractivity contribution in [1.82, 2.24) is 4.90 Å². The van der Waals surface area contributed by atoms with Gasteiger partial charge in [0, 0.05) is 25.2 Å². The standard InChI is InChI=1S/C14H18FNO3/c1-9-6-16(7-10(2)19-9)8-12-5-11(14(17)18)3-4-13(12)15/h3-5,9-10H,6-8H2,1-2H3,(H,17,18)/t9-,10+. The van der Waals surface area contributed by atoms with Gasteiger partial charge in [-0.2, -0.15) is 0 Å². The fourth-order valence-corrected chi connectivity index (χ4v) is 2.48. The highest BCUT2D eigenvalue weighted by atomic mass is 19.1. The number of carboxylic acids is 1. The Morgan fingerprint density at radius 2 is 2.05 bits per heavy atom. The summed E-state index contributed by atoms with van der Waals surface area (Å²) in [7, 11) is 0. The van der Waals surface area contributed by atoms with E-state index < -0.39 is 5.97 Å². The molecule has 19 heavy (non-hydrogen) atoms. The Balaban J connectivity index is 2.13. The summed E-state index contributed by atoms with van der Waals surface area (Å²) in [5.41, 5.74) is 0.534. The average Bonchev–Trinajstić information content (AvgIpc) is 2.30. The van der Waals surface area contributed by atoms with Gasteiger partial charge in [-0.1, -0.05) is 0 Å². The number of benzene rings is 1. The molecule has 5 heteroatoms. The van der Waals surface area contributed by atoms with Gasteiger partial charge in [-0.15, -0.1) is 0 Å². The second kappa shape index (κ2) is 5.67. The SMILES string of the molecule is C[C@@H]1CN(Cc2cc(C(=O)O)ccc2F)C[C@H](C)O1. The van der Waals surface area contributed by atoms with E-state index >= 15 is 0 Å². The number of halogens is 1. The van der Waals surface area contributed by atoms with Gasteiger partial charge in [0.1, 0.15) is 5.82 Å². The summed E-state index contributed by atoms with van der Waals surface area (Å²) in [6.45, 7) is 5.81. The van der Waals surface area contributed by atoms with Crippen LogP contribution in [0.5, 0.6) is 0 Å². The van der Waals surface area contributed by atoms with E-state index in [9.17, 15) is 9.18 Å². The molecule has 2 rings (SSSR count). The first kappa shape index (κ1) is 14.0. The number of carboxylic acid groups (broad SMARTS) is 1. The molecule has 1 aliphatic rings.